The molecule has 0 saturated heterocycles. The fourth-order valence-electron chi connectivity index (χ4n) is 0.657. The maximum absolute atomic E-state index is 9.16. The summed E-state index contributed by atoms with van der Waals surface area (Å²) < 4.78 is 5.38. The minimum Gasteiger partial charge on any atom is -0.512 e. The van der Waals surface area contributed by atoms with Crippen LogP contribution in [0.1, 0.15) is 33.6 Å². The van der Waals surface area contributed by atoms with Gasteiger partial charge in [-0.3, -0.25) is 0 Å². The molecule has 0 bridgehead atoms. The van der Waals surface area contributed by atoms with Gasteiger partial charge in [0.2, 0.25) is 0 Å². The summed E-state index contributed by atoms with van der Waals surface area (Å²) >= 11 is 0. The molecule has 0 fully saturated rings. The van der Waals surface area contributed by atoms with E-state index in [0.717, 1.165) is 19.4 Å². The van der Waals surface area contributed by atoms with Crippen LogP contribution in [0.3, 0.4) is 0 Å². The molecule has 0 aliphatic heterocycles. The summed E-state index contributed by atoms with van der Waals surface area (Å²) in [5.74, 6) is 0.194. The zero-order valence-electron chi connectivity index (χ0n) is 8.39. The first-order valence-electron chi connectivity index (χ1n) is 4.47. The van der Waals surface area contributed by atoms with E-state index < -0.39 is 0 Å². The van der Waals surface area contributed by atoms with Crippen molar-refractivity contribution in [3.63, 3.8) is 0 Å². The highest BCUT2D eigenvalue weighted by atomic mass is 16.5. The number of hydrogen-bond acceptors (Lipinski definition) is 2. The molecule has 0 unspecified atom stereocenters. The molecule has 0 radical (unpaired) electrons. The van der Waals surface area contributed by atoms with Gasteiger partial charge < -0.3 is 9.84 Å². The molecule has 0 spiro atoms. The highest BCUT2D eigenvalue weighted by molar-refractivity contribution is 4.96. The first-order valence-corrected chi connectivity index (χ1v) is 4.47. The van der Waals surface area contributed by atoms with Gasteiger partial charge in [0, 0.05) is 12.0 Å². The highest BCUT2D eigenvalue weighted by Crippen LogP contribution is 2.22. The van der Waals surface area contributed by atoms with Gasteiger partial charge in [-0.15, -0.1) is 0 Å². The molecule has 0 aliphatic rings. The molecule has 1 N–H and O–H groups in total. The van der Waals surface area contributed by atoms with Crippen LogP contribution in [0, 0.1) is 5.41 Å². The average Bonchev–Trinajstić information content (AvgIpc) is 1.98. The molecule has 0 aromatic heterocycles. The molecular weight excluding hydrogens is 152 g/mol. The van der Waals surface area contributed by atoms with Crippen LogP contribution >= 0.6 is 0 Å². The van der Waals surface area contributed by atoms with Crippen LogP contribution in [-0.4, -0.2) is 18.3 Å². The van der Waals surface area contributed by atoms with E-state index >= 15 is 0 Å². The summed E-state index contributed by atoms with van der Waals surface area (Å²) in [5, 5.41) is 9.16. The minimum atomic E-state index is -0.312. The SMILES string of the molecule is C=C(O)C(C)(C)COCCCC. The van der Waals surface area contributed by atoms with Crippen LogP contribution in [-0.2, 0) is 4.74 Å². The summed E-state index contributed by atoms with van der Waals surface area (Å²) in [6.45, 7) is 10.8. The maximum Gasteiger partial charge on any atom is 0.0930 e. The Morgan fingerprint density at radius 1 is 1.50 bits per heavy atom. The van der Waals surface area contributed by atoms with E-state index in [-0.39, 0.29) is 11.2 Å². The van der Waals surface area contributed by atoms with Crippen molar-refractivity contribution < 1.29 is 9.84 Å². The van der Waals surface area contributed by atoms with Crippen LogP contribution < -0.4 is 0 Å². The lowest BCUT2D eigenvalue weighted by Gasteiger charge is -2.22. The lowest BCUT2D eigenvalue weighted by atomic mass is 9.93. The van der Waals surface area contributed by atoms with Gasteiger partial charge in [-0.1, -0.05) is 33.8 Å². The van der Waals surface area contributed by atoms with Crippen LogP contribution in [0.5, 0.6) is 0 Å². The Balaban J connectivity index is 3.54. The largest absolute Gasteiger partial charge is 0.512 e. The molecule has 72 valence electrons. The van der Waals surface area contributed by atoms with Crippen LogP contribution in [0.4, 0.5) is 0 Å². The van der Waals surface area contributed by atoms with E-state index in [0.29, 0.717) is 6.61 Å². The Bertz CT molecular complexity index is 139. The van der Waals surface area contributed by atoms with Gasteiger partial charge in [-0.05, 0) is 6.42 Å². The van der Waals surface area contributed by atoms with Crippen molar-refractivity contribution in [2.24, 2.45) is 5.41 Å². The van der Waals surface area contributed by atoms with E-state index in [2.05, 4.69) is 13.5 Å². The van der Waals surface area contributed by atoms with Gasteiger partial charge in [0.15, 0.2) is 0 Å². The molecule has 0 amide bonds. The monoisotopic (exact) mass is 172 g/mol. The summed E-state index contributed by atoms with van der Waals surface area (Å²) in [5.41, 5.74) is -0.312. The standard InChI is InChI=1S/C10H20O2/c1-5-6-7-12-8-10(3,4)9(2)11/h11H,2,5-8H2,1,3-4H3. The summed E-state index contributed by atoms with van der Waals surface area (Å²) in [4.78, 5) is 0. The third-order valence-corrected chi connectivity index (χ3v) is 1.89. The number of aliphatic hydroxyl groups excluding tert-OH is 1. The third-order valence-electron chi connectivity index (χ3n) is 1.89. The molecule has 0 saturated carbocycles. The van der Waals surface area contributed by atoms with E-state index in [1.165, 1.54) is 0 Å². The minimum absolute atomic E-state index is 0.194. The second-order valence-electron chi connectivity index (χ2n) is 3.74. The number of rotatable bonds is 6. The van der Waals surface area contributed by atoms with Crippen molar-refractivity contribution in [1.29, 1.82) is 0 Å². The summed E-state index contributed by atoms with van der Waals surface area (Å²) in [6.07, 6.45) is 2.22. The molecule has 0 aromatic carbocycles. The van der Waals surface area contributed by atoms with Crippen molar-refractivity contribution in [2.45, 2.75) is 33.6 Å². The van der Waals surface area contributed by atoms with Crippen molar-refractivity contribution >= 4 is 0 Å². The van der Waals surface area contributed by atoms with E-state index in [4.69, 9.17) is 9.84 Å². The molecule has 0 heterocycles. The fourth-order valence-corrected chi connectivity index (χ4v) is 0.657. The van der Waals surface area contributed by atoms with Gasteiger partial charge in [-0.2, -0.15) is 0 Å². The number of hydrogen-bond donors (Lipinski definition) is 1. The van der Waals surface area contributed by atoms with Gasteiger partial charge in [-0.25, -0.2) is 0 Å². The van der Waals surface area contributed by atoms with E-state index in [1.54, 1.807) is 0 Å². The molecule has 2 heteroatoms. The molecule has 0 aliphatic carbocycles. The number of aliphatic hydroxyl groups is 1. The number of ether oxygens (including phenoxy) is 1. The third kappa shape index (κ3) is 4.39. The first kappa shape index (κ1) is 11.5. The second kappa shape index (κ2) is 5.20. The second-order valence-corrected chi connectivity index (χ2v) is 3.74. The van der Waals surface area contributed by atoms with E-state index in [1.807, 2.05) is 13.8 Å². The Morgan fingerprint density at radius 3 is 2.50 bits per heavy atom. The topological polar surface area (TPSA) is 29.5 Å². The Hall–Kier alpha value is -0.500. The first-order chi connectivity index (χ1) is 5.50. The predicted octanol–water partition coefficient (Wildman–Crippen LogP) is 2.90. The van der Waals surface area contributed by atoms with Crippen LogP contribution in [0.15, 0.2) is 12.3 Å². The molecule has 0 atom stereocenters. The fraction of sp³-hybridized carbons (Fsp3) is 0.800. The molecule has 0 aromatic rings. The molecule has 2 nitrogen and oxygen atoms in total. The predicted molar refractivity (Wildman–Crippen MR) is 51.3 cm³/mol. The average molecular weight is 172 g/mol. The molecule has 0 rings (SSSR count). The van der Waals surface area contributed by atoms with Gasteiger partial charge in [0.1, 0.15) is 0 Å². The smallest absolute Gasteiger partial charge is 0.0930 e. The lowest BCUT2D eigenvalue weighted by molar-refractivity contribution is 0.0577. The van der Waals surface area contributed by atoms with Crippen molar-refractivity contribution in [2.75, 3.05) is 13.2 Å². The van der Waals surface area contributed by atoms with Crippen molar-refractivity contribution in [3.05, 3.63) is 12.3 Å². The van der Waals surface area contributed by atoms with Gasteiger partial charge in [0.05, 0.1) is 12.4 Å². The summed E-state index contributed by atoms with van der Waals surface area (Å²) in [6, 6.07) is 0. The van der Waals surface area contributed by atoms with Crippen LogP contribution in [0.25, 0.3) is 0 Å². The van der Waals surface area contributed by atoms with Crippen molar-refractivity contribution in [3.8, 4) is 0 Å². The molecular formula is C10H20O2. The highest BCUT2D eigenvalue weighted by Gasteiger charge is 2.21. The Morgan fingerprint density at radius 2 is 2.08 bits per heavy atom. The Kier molecular flexibility index (Phi) is 4.98. The lowest BCUT2D eigenvalue weighted by Crippen LogP contribution is -2.21. The zero-order valence-corrected chi connectivity index (χ0v) is 8.39. The van der Waals surface area contributed by atoms with Crippen molar-refractivity contribution in [1.82, 2.24) is 0 Å². The molecule has 12 heavy (non-hydrogen) atoms. The van der Waals surface area contributed by atoms with Gasteiger partial charge >= 0.3 is 0 Å². The Labute approximate surface area is 75.2 Å². The van der Waals surface area contributed by atoms with E-state index in [9.17, 15) is 0 Å². The van der Waals surface area contributed by atoms with Crippen LogP contribution in [0.2, 0.25) is 0 Å². The normalized spacial score (nSPS) is 11.6. The maximum atomic E-state index is 9.16. The summed E-state index contributed by atoms with van der Waals surface area (Å²) in [7, 11) is 0. The quantitative estimate of drug-likeness (QED) is 0.493. The number of unbranched alkanes of at least 4 members (excludes halogenated alkanes) is 1. The van der Waals surface area contributed by atoms with Gasteiger partial charge in [0.25, 0.3) is 0 Å². The zero-order chi connectivity index (χ0) is 9.61.